The first-order chi connectivity index (χ1) is 10.5. The van der Waals surface area contributed by atoms with Crippen LogP contribution in [0.2, 0.25) is 0 Å². The number of esters is 1. The van der Waals surface area contributed by atoms with Crippen LogP contribution < -0.4 is 11.1 Å². The Morgan fingerprint density at radius 1 is 1.36 bits per heavy atom. The lowest BCUT2D eigenvalue weighted by molar-refractivity contribution is -0.122. The minimum atomic E-state index is -0.633. The third-order valence-corrected chi connectivity index (χ3v) is 3.57. The highest BCUT2D eigenvalue weighted by Gasteiger charge is 2.22. The summed E-state index contributed by atoms with van der Waals surface area (Å²) in [5.41, 5.74) is 5.76. The first-order valence-corrected chi connectivity index (χ1v) is 7.66. The Morgan fingerprint density at radius 3 is 2.68 bits per heavy atom. The molecular formula is C14H23N5O3. The molecule has 1 fully saturated rings. The molecule has 0 aromatic carbocycles. The first-order valence-electron chi connectivity index (χ1n) is 7.66. The normalized spacial score (nSPS) is 15.8. The fraction of sp³-hybridized carbons (Fsp3) is 0.714. The quantitative estimate of drug-likeness (QED) is 0.781. The number of carbonyl (C=O) groups excluding carboxylic acids is 2. The van der Waals surface area contributed by atoms with E-state index < -0.39 is 5.97 Å². The number of hydrogen-bond donors (Lipinski definition) is 2. The predicted molar refractivity (Wildman–Crippen MR) is 80.0 cm³/mol. The van der Waals surface area contributed by atoms with E-state index in [9.17, 15) is 9.59 Å². The van der Waals surface area contributed by atoms with E-state index >= 15 is 0 Å². The summed E-state index contributed by atoms with van der Waals surface area (Å²) in [5, 5.41) is 10.4. The van der Waals surface area contributed by atoms with Gasteiger partial charge in [0, 0.05) is 6.04 Å². The van der Waals surface area contributed by atoms with Gasteiger partial charge in [0.05, 0.1) is 6.10 Å². The molecule has 1 aliphatic carbocycles. The van der Waals surface area contributed by atoms with Crippen LogP contribution in [0.1, 0.15) is 56.4 Å². The molecule has 3 N–H and O–H groups in total. The number of hydrogen-bond acceptors (Lipinski definition) is 6. The number of nitrogen functional groups attached to an aromatic ring is 1. The van der Waals surface area contributed by atoms with Gasteiger partial charge in [-0.2, -0.15) is 0 Å². The Hall–Kier alpha value is -2.12. The van der Waals surface area contributed by atoms with Gasteiger partial charge in [0.25, 0.3) is 0 Å². The SMILES string of the molecule is CC(C)OC(=O)c1nnn(CC(=O)NC2CCCCC2)c1N. The van der Waals surface area contributed by atoms with Crippen LogP contribution in [0.3, 0.4) is 0 Å². The Morgan fingerprint density at radius 2 is 2.05 bits per heavy atom. The number of anilines is 1. The van der Waals surface area contributed by atoms with Crippen LogP contribution in [-0.4, -0.2) is 39.0 Å². The lowest BCUT2D eigenvalue weighted by Gasteiger charge is -2.22. The number of ether oxygens (including phenoxy) is 1. The van der Waals surface area contributed by atoms with E-state index in [4.69, 9.17) is 10.5 Å². The van der Waals surface area contributed by atoms with E-state index in [1.165, 1.54) is 11.1 Å². The van der Waals surface area contributed by atoms with Crippen LogP contribution in [0.25, 0.3) is 0 Å². The average Bonchev–Trinajstić information content (AvgIpc) is 2.80. The summed E-state index contributed by atoms with van der Waals surface area (Å²) in [6, 6.07) is 0.219. The van der Waals surface area contributed by atoms with Crippen molar-refractivity contribution in [3.63, 3.8) is 0 Å². The molecule has 8 nitrogen and oxygen atoms in total. The van der Waals surface area contributed by atoms with Crippen molar-refractivity contribution in [3.8, 4) is 0 Å². The van der Waals surface area contributed by atoms with Gasteiger partial charge in [-0.25, -0.2) is 9.48 Å². The van der Waals surface area contributed by atoms with E-state index in [1.54, 1.807) is 13.8 Å². The summed E-state index contributed by atoms with van der Waals surface area (Å²) in [6.07, 6.45) is 5.24. The largest absolute Gasteiger partial charge is 0.458 e. The zero-order valence-corrected chi connectivity index (χ0v) is 13.0. The van der Waals surface area contributed by atoms with Crippen LogP contribution in [0.15, 0.2) is 0 Å². The first kappa shape index (κ1) is 16.3. The zero-order chi connectivity index (χ0) is 16.1. The number of amides is 1. The summed E-state index contributed by atoms with van der Waals surface area (Å²) in [6.45, 7) is 3.41. The third kappa shape index (κ3) is 4.19. The maximum Gasteiger partial charge on any atom is 0.363 e. The molecule has 0 aliphatic heterocycles. The predicted octanol–water partition coefficient (Wildman–Crippen LogP) is 0.874. The van der Waals surface area contributed by atoms with Gasteiger partial charge < -0.3 is 15.8 Å². The van der Waals surface area contributed by atoms with Crippen molar-refractivity contribution < 1.29 is 14.3 Å². The van der Waals surface area contributed by atoms with Crippen LogP contribution in [0.4, 0.5) is 5.82 Å². The fourth-order valence-corrected chi connectivity index (χ4v) is 2.51. The number of nitrogens with two attached hydrogens (primary N) is 1. The smallest absolute Gasteiger partial charge is 0.363 e. The van der Waals surface area contributed by atoms with Gasteiger partial charge in [0.1, 0.15) is 6.54 Å². The highest BCUT2D eigenvalue weighted by Crippen LogP contribution is 2.17. The molecule has 1 heterocycles. The zero-order valence-electron chi connectivity index (χ0n) is 13.0. The number of nitrogens with zero attached hydrogens (tertiary/aromatic N) is 3. The Labute approximate surface area is 129 Å². The minimum Gasteiger partial charge on any atom is -0.458 e. The lowest BCUT2D eigenvalue weighted by Crippen LogP contribution is -2.38. The second-order valence-corrected chi connectivity index (χ2v) is 5.84. The van der Waals surface area contributed by atoms with Crippen molar-refractivity contribution >= 4 is 17.7 Å². The molecule has 0 atom stereocenters. The summed E-state index contributed by atoms with van der Waals surface area (Å²) >= 11 is 0. The van der Waals surface area contributed by atoms with Gasteiger partial charge in [-0.05, 0) is 26.7 Å². The van der Waals surface area contributed by atoms with Crippen LogP contribution >= 0.6 is 0 Å². The van der Waals surface area contributed by atoms with E-state index in [-0.39, 0.29) is 36.1 Å². The molecule has 0 unspecified atom stereocenters. The molecule has 0 bridgehead atoms. The van der Waals surface area contributed by atoms with Crippen molar-refractivity contribution in [3.05, 3.63) is 5.69 Å². The van der Waals surface area contributed by atoms with Gasteiger partial charge in [-0.15, -0.1) is 5.10 Å². The van der Waals surface area contributed by atoms with Crippen LogP contribution in [0.5, 0.6) is 0 Å². The molecular weight excluding hydrogens is 286 g/mol. The van der Waals surface area contributed by atoms with Crippen LogP contribution in [-0.2, 0) is 16.1 Å². The van der Waals surface area contributed by atoms with Gasteiger partial charge in [0.2, 0.25) is 11.6 Å². The fourth-order valence-electron chi connectivity index (χ4n) is 2.51. The highest BCUT2D eigenvalue weighted by atomic mass is 16.5. The molecule has 1 saturated carbocycles. The number of nitrogens with one attached hydrogen (secondary N) is 1. The molecule has 0 spiro atoms. The van der Waals surface area contributed by atoms with Crippen molar-refractivity contribution in [1.29, 1.82) is 0 Å². The molecule has 1 aromatic heterocycles. The number of rotatable bonds is 5. The van der Waals surface area contributed by atoms with Crippen molar-refractivity contribution in [2.24, 2.45) is 0 Å². The van der Waals surface area contributed by atoms with E-state index in [0.29, 0.717) is 0 Å². The maximum absolute atomic E-state index is 12.0. The minimum absolute atomic E-state index is 0.0458. The van der Waals surface area contributed by atoms with Crippen molar-refractivity contribution in [2.75, 3.05) is 5.73 Å². The van der Waals surface area contributed by atoms with Crippen molar-refractivity contribution in [2.45, 2.75) is 64.6 Å². The molecule has 2 rings (SSSR count). The molecule has 8 heteroatoms. The maximum atomic E-state index is 12.0. The summed E-state index contributed by atoms with van der Waals surface area (Å²) in [4.78, 5) is 23.8. The molecule has 0 radical (unpaired) electrons. The lowest BCUT2D eigenvalue weighted by atomic mass is 9.95. The summed E-state index contributed by atoms with van der Waals surface area (Å²) in [5.74, 6) is -0.761. The van der Waals surface area contributed by atoms with Crippen LogP contribution in [0, 0.1) is 0 Å². The van der Waals surface area contributed by atoms with Gasteiger partial charge >= 0.3 is 5.97 Å². The summed E-state index contributed by atoms with van der Waals surface area (Å²) < 4.78 is 6.24. The van der Waals surface area contributed by atoms with Gasteiger partial charge in [-0.3, -0.25) is 4.79 Å². The Balaban J connectivity index is 1.93. The average molecular weight is 309 g/mol. The molecule has 122 valence electrons. The standard InChI is InChI=1S/C14H23N5O3/c1-9(2)22-14(21)12-13(15)19(18-17-12)8-11(20)16-10-6-4-3-5-7-10/h9-10H,3-8,15H2,1-2H3,(H,16,20). The summed E-state index contributed by atoms with van der Waals surface area (Å²) in [7, 11) is 0. The monoisotopic (exact) mass is 309 g/mol. The van der Waals surface area contributed by atoms with E-state index in [0.717, 1.165) is 25.7 Å². The van der Waals surface area contributed by atoms with E-state index in [1.807, 2.05) is 0 Å². The molecule has 1 amide bonds. The van der Waals surface area contributed by atoms with Crippen molar-refractivity contribution in [1.82, 2.24) is 20.3 Å². The van der Waals surface area contributed by atoms with Gasteiger partial charge in [0.15, 0.2) is 5.82 Å². The van der Waals surface area contributed by atoms with Gasteiger partial charge in [-0.1, -0.05) is 24.5 Å². The number of aromatic nitrogens is 3. The molecule has 1 aromatic rings. The second kappa shape index (κ2) is 7.24. The molecule has 0 saturated heterocycles. The highest BCUT2D eigenvalue weighted by molar-refractivity contribution is 5.92. The Bertz CT molecular complexity index is 535. The topological polar surface area (TPSA) is 112 Å². The second-order valence-electron chi connectivity index (χ2n) is 5.84. The Kier molecular flexibility index (Phi) is 5.35. The molecule has 22 heavy (non-hydrogen) atoms. The molecule has 1 aliphatic rings. The number of carbonyl (C=O) groups is 2. The third-order valence-electron chi connectivity index (χ3n) is 3.57. The van der Waals surface area contributed by atoms with E-state index in [2.05, 4.69) is 15.6 Å².